The summed E-state index contributed by atoms with van der Waals surface area (Å²) in [6, 6.07) is 27.1. The van der Waals surface area contributed by atoms with Gasteiger partial charge in [0, 0.05) is 6.04 Å². The number of piperidine rings is 1. The first-order valence-electron chi connectivity index (χ1n) is 13.3. The zero-order valence-corrected chi connectivity index (χ0v) is 21.9. The van der Waals surface area contributed by atoms with Crippen LogP contribution < -0.4 is 0 Å². The number of likely N-dealkylation sites (tertiary alicyclic amines) is 1. The van der Waals surface area contributed by atoms with Crippen LogP contribution in [-0.2, 0) is 15.8 Å². The van der Waals surface area contributed by atoms with E-state index in [1.165, 1.54) is 0 Å². The van der Waals surface area contributed by atoms with Gasteiger partial charge in [0.05, 0.1) is 11.5 Å². The van der Waals surface area contributed by atoms with E-state index in [2.05, 4.69) is 4.90 Å². The fraction of sp³-hybridized carbons (Fsp3) is 0.406. The van der Waals surface area contributed by atoms with E-state index in [1.54, 1.807) is 26.0 Å². The Bertz CT molecular complexity index is 1100. The van der Waals surface area contributed by atoms with Crippen LogP contribution in [0.15, 0.2) is 84.9 Å². The molecule has 1 fully saturated rings. The molecule has 0 spiro atoms. The number of nitrogens with zero attached hydrogens (tertiary/aromatic N) is 1. The van der Waals surface area contributed by atoms with Gasteiger partial charge in [0.25, 0.3) is 0 Å². The van der Waals surface area contributed by atoms with Crippen LogP contribution in [0, 0.1) is 0 Å². The molecule has 1 saturated heterocycles. The Labute approximate surface area is 220 Å². The standard InChI is InChI=1S/C32H39NO4/c1-31(2,30(35)36)25-20-18-24(19-21-25)28(34)16-11-23-33-22-10-9-17-29(33)32(37,26-12-5-3-6-13-26)27-14-7-4-8-15-27/h3-8,12-15,18-21,28-29,34,37H,9-11,16-17,22-23H2,1-2H3,(H,35,36). The van der Waals surface area contributed by atoms with Crippen molar-refractivity contribution in [1.29, 1.82) is 0 Å². The number of aliphatic carboxylic acids is 1. The summed E-state index contributed by atoms with van der Waals surface area (Å²) in [6.45, 7) is 5.07. The lowest BCUT2D eigenvalue weighted by Gasteiger charge is -2.46. The average Bonchev–Trinajstić information content (AvgIpc) is 2.93. The number of carboxylic acids is 1. The molecule has 3 aromatic carbocycles. The lowest BCUT2D eigenvalue weighted by atomic mass is 9.76. The van der Waals surface area contributed by atoms with Crippen LogP contribution in [0.1, 0.15) is 74.3 Å². The Balaban J connectivity index is 1.47. The highest BCUT2D eigenvalue weighted by Gasteiger charge is 2.44. The molecule has 2 atom stereocenters. The van der Waals surface area contributed by atoms with Gasteiger partial charge < -0.3 is 15.3 Å². The molecule has 0 aliphatic carbocycles. The maximum absolute atomic E-state index is 12.3. The molecule has 4 rings (SSSR count). The van der Waals surface area contributed by atoms with Crippen molar-refractivity contribution in [1.82, 2.24) is 4.90 Å². The second-order valence-electron chi connectivity index (χ2n) is 10.8. The fourth-order valence-electron chi connectivity index (χ4n) is 5.57. The van der Waals surface area contributed by atoms with Crippen molar-refractivity contribution in [3.63, 3.8) is 0 Å². The van der Waals surface area contributed by atoms with Crippen molar-refractivity contribution in [3.8, 4) is 0 Å². The van der Waals surface area contributed by atoms with Gasteiger partial charge in [0.1, 0.15) is 5.60 Å². The van der Waals surface area contributed by atoms with Gasteiger partial charge in [0.2, 0.25) is 0 Å². The van der Waals surface area contributed by atoms with E-state index in [-0.39, 0.29) is 6.04 Å². The summed E-state index contributed by atoms with van der Waals surface area (Å²) < 4.78 is 0. The van der Waals surface area contributed by atoms with Crippen molar-refractivity contribution < 1.29 is 20.1 Å². The van der Waals surface area contributed by atoms with Gasteiger partial charge in [-0.25, -0.2) is 0 Å². The lowest BCUT2D eigenvalue weighted by Crippen LogP contribution is -2.54. The zero-order valence-electron chi connectivity index (χ0n) is 21.9. The predicted octanol–water partition coefficient (Wildman–Crippen LogP) is 5.65. The Kier molecular flexibility index (Phi) is 8.48. The summed E-state index contributed by atoms with van der Waals surface area (Å²) in [5, 5.41) is 32.6. The maximum Gasteiger partial charge on any atom is 0.313 e. The molecule has 5 heteroatoms. The maximum atomic E-state index is 12.3. The van der Waals surface area contributed by atoms with Crippen LogP contribution in [0.5, 0.6) is 0 Å². The van der Waals surface area contributed by atoms with E-state index in [0.29, 0.717) is 12.0 Å². The largest absolute Gasteiger partial charge is 0.481 e. The molecule has 1 aliphatic rings. The number of carboxylic acid groups (broad SMARTS) is 1. The summed E-state index contributed by atoms with van der Waals surface area (Å²) in [6.07, 6.45) is 3.85. The quantitative estimate of drug-likeness (QED) is 0.334. The van der Waals surface area contributed by atoms with E-state index < -0.39 is 23.1 Å². The molecule has 3 N–H and O–H groups in total. The Hall–Kier alpha value is -2.99. The molecule has 0 radical (unpaired) electrons. The Morgan fingerprint density at radius 2 is 1.46 bits per heavy atom. The van der Waals surface area contributed by atoms with E-state index in [0.717, 1.165) is 55.5 Å². The first kappa shape index (κ1) is 27.1. The fourth-order valence-corrected chi connectivity index (χ4v) is 5.57. The number of hydrogen-bond donors (Lipinski definition) is 3. The molecule has 196 valence electrons. The normalized spacial score (nSPS) is 17.9. The van der Waals surface area contributed by atoms with Gasteiger partial charge in [-0.2, -0.15) is 0 Å². The van der Waals surface area contributed by atoms with Crippen LogP contribution >= 0.6 is 0 Å². The van der Waals surface area contributed by atoms with Crippen molar-refractivity contribution >= 4 is 5.97 Å². The summed E-state index contributed by atoms with van der Waals surface area (Å²) >= 11 is 0. The number of aliphatic hydroxyl groups excluding tert-OH is 1. The third kappa shape index (κ3) is 5.80. The van der Waals surface area contributed by atoms with Crippen LogP contribution in [0.3, 0.4) is 0 Å². The van der Waals surface area contributed by atoms with E-state index in [4.69, 9.17) is 0 Å². The molecule has 0 aromatic heterocycles. The van der Waals surface area contributed by atoms with Gasteiger partial charge in [0.15, 0.2) is 0 Å². The average molecular weight is 502 g/mol. The van der Waals surface area contributed by atoms with Crippen molar-refractivity contribution in [2.75, 3.05) is 13.1 Å². The Morgan fingerprint density at radius 1 is 0.892 bits per heavy atom. The molecule has 1 aliphatic heterocycles. The third-order valence-corrected chi connectivity index (χ3v) is 8.00. The van der Waals surface area contributed by atoms with Gasteiger partial charge in [-0.15, -0.1) is 0 Å². The van der Waals surface area contributed by atoms with Crippen molar-refractivity contribution in [2.24, 2.45) is 0 Å². The van der Waals surface area contributed by atoms with Crippen LogP contribution in [0.2, 0.25) is 0 Å². The smallest absolute Gasteiger partial charge is 0.313 e. The predicted molar refractivity (Wildman–Crippen MR) is 146 cm³/mol. The highest BCUT2D eigenvalue weighted by Crippen LogP contribution is 2.40. The molecule has 0 saturated carbocycles. The van der Waals surface area contributed by atoms with Gasteiger partial charge >= 0.3 is 5.97 Å². The molecule has 3 aromatic rings. The summed E-state index contributed by atoms with van der Waals surface area (Å²) in [7, 11) is 0. The highest BCUT2D eigenvalue weighted by atomic mass is 16.4. The monoisotopic (exact) mass is 501 g/mol. The molecule has 0 bridgehead atoms. The lowest BCUT2D eigenvalue weighted by molar-refractivity contribution is -0.142. The minimum atomic E-state index is -1.12. The number of rotatable bonds is 10. The summed E-state index contributed by atoms with van der Waals surface area (Å²) in [5.41, 5.74) is 1.23. The van der Waals surface area contributed by atoms with Gasteiger partial charge in [-0.3, -0.25) is 9.69 Å². The minimum Gasteiger partial charge on any atom is -0.481 e. The van der Waals surface area contributed by atoms with E-state index in [9.17, 15) is 20.1 Å². The van der Waals surface area contributed by atoms with Crippen molar-refractivity contribution in [2.45, 2.75) is 69.1 Å². The summed E-state index contributed by atoms with van der Waals surface area (Å²) in [5.74, 6) is -0.872. The van der Waals surface area contributed by atoms with Gasteiger partial charge in [-0.05, 0) is 74.9 Å². The molecule has 0 amide bonds. The third-order valence-electron chi connectivity index (χ3n) is 8.00. The number of aliphatic hydroxyl groups is 2. The van der Waals surface area contributed by atoms with Crippen LogP contribution in [-0.4, -0.2) is 45.3 Å². The molecule has 2 unspecified atom stereocenters. The molecule has 5 nitrogen and oxygen atoms in total. The first-order chi connectivity index (χ1) is 17.7. The van der Waals surface area contributed by atoms with Crippen LogP contribution in [0.25, 0.3) is 0 Å². The van der Waals surface area contributed by atoms with Crippen molar-refractivity contribution in [3.05, 3.63) is 107 Å². The van der Waals surface area contributed by atoms with E-state index in [1.807, 2.05) is 72.8 Å². The topological polar surface area (TPSA) is 81.0 Å². The molecular weight excluding hydrogens is 462 g/mol. The van der Waals surface area contributed by atoms with E-state index >= 15 is 0 Å². The molecule has 1 heterocycles. The number of benzene rings is 3. The Morgan fingerprint density at radius 3 is 2.00 bits per heavy atom. The first-order valence-corrected chi connectivity index (χ1v) is 13.3. The molecular formula is C32H39NO4. The minimum absolute atomic E-state index is 0.0549. The van der Waals surface area contributed by atoms with Gasteiger partial charge in [-0.1, -0.05) is 91.3 Å². The highest BCUT2D eigenvalue weighted by molar-refractivity contribution is 5.80. The number of carbonyl (C=O) groups is 1. The summed E-state index contributed by atoms with van der Waals surface area (Å²) in [4.78, 5) is 13.9. The zero-order chi connectivity index (χ0) is 26.5. The van der Waals surface area contributed by atoms with Crippen LogP contribution in [0.4, 0.5) is 0 Å². The SMILES string of the molecule is CC(C)(C(=O)O)c1ccc(C(O)CCCN2CCCCC2C(O)(c2ccccc2)c2ccccc2)cc1. The second kappa shape index (κ2) is 11.6. The second-order valence-corrected chi connectivity index (χ2v) is 10.8. The molecule has 37 heavy (non-hydrogen) atoms. The number of hydrogen-bond acceptors (Lipinski definition) is 4.